The number of sulfonamides is 1. The number of nitrogens with zero attached hydrogens (tertiary/aromatic N) is 2. The maximum absolute atomic E-state index is 13.9. The van der Waals surface area contributed by atoms with Crippen molar-refractivity contribution in [2.24, 2.45) is 5.92 Å². The number of amides is 1. The number of carbonyl (C=O) groups excluding carboxylic acids is 1. The van der Waals surface area contributed by atoms with Crippen LogP contribution in [0.1, 0.15) is 54.0 Å². The fourth-order valence-corrected chi connectivity index (χ4v) is 7.07. The fraction of sp³-hybridized carbons (Fsp3) is 0.567. The lowest BCUT2D eigenvalue weighted by atomic mass is 9.99. The van der Waals surface area contributed by atoms with Gasteiger partial charge in [0.15, 0.2) is 0 Å². The number of methoxy groups -OCH3 is 1. The molecule has 1 saturated heterocycles. The number of benzene rings is 2. The Morgan fingerprint density at radius 3 is 2.00 bits per heavy atom. The van der Waals surface area contributed by atoms with Crippen molar-refractivity contribution in [2.45, 2.75) is 88.8 Å². The van der Waals surface area contributed by atoms with Crippen molar-refractivity contribution in [3.8, 4) is 11.5 Å². The molecule has 1 aliphatic rings. The Kier molecular flexibility index (Phi) is 11.0. The molecule has 0 aromatic heterocycles. The van der Waals surface area contributed by atoms with E-state index < -0.39 is 61.0 Å². The zero-order chi connectivity index (χ0) is 34.9. The summed E-state index contributed by atoms with van der Waals surface area (Å²) in [5, 5.41) is 0. The van der Waals surface area contributed by atoms with E-state index in [-0.39, 0.29) is 30.3 Å². The zero-order valence-corrected chi connectivity index (χ0v) is 28.6. The molecule has 1 aliphatic heterocycles. The second kappa shape index (κ2) is 13.6. The Hall–Kier alpha value is -3.08. The van der Waals surface area contributed by atoms with Gasteiger partial charge >= 0.3 is 21.7 Å². The molecule has 0 aliphatic carbocycles. The lowest BCUT2D eigenvalue weighted by Crippen LogP contribution is -2.52. The molecule has 11 nitrogen and oxygen atoms in total. The van der Waals surface area contributed by atoms with Crippen LogP contribution < -0.4 is 8.92 Å². The fourth-order valence-electron chi connectivity index (χ4n) is 4.99. The van der Waals surface area contributed by atoms with E-state index in [1.807, 2.05) is 13.8 Å². The van der Waals surface area contributed by atoms with Crippen LogP contribution in [0.5, 0.6) is 11.5 Å². The normalized spacial score (nSPS) is 19.0. The van der Waals surface area contributed by atoms with Crippen molar-refractivity contribution in [1.29, 1.82) is 0 Å². The number of ether oxygens (including phenoxy) is 3. The van der Waals surface area contributed by atoms with Crippen LogP contribution in [0.15, 0.2) is 53.4 Å². The summed E-state index contributed by atoms with van der Waals surface area (Å²) >= 11 is 0. The van der Waals surface area contributed by atoms with Crippen molar-refractivity contribution < 1.29 is 53.2 Å². The van der Waals surface area contributed by atoms with Crippen molar-refractivity contribution >= 4 is 26.2 Å². The van der Waals surface area contributed by atoms with E-state index in [1.54, 1.807) is 34.6 Å². The van der Waals surface area contributed by atoms with Crippen molar-refractivity contribution in [2.75, 3.05) is 20.2 Å². The Morgan fingerprint density at radius 1 is 0.978 bits per heavy atom. The Labute approximate surface area is 268 Å². The highest BCUT2D eigenvalue weighted by Gasteiger charge is 2.52. The van der Waals surface area contributed by atoms with Crippen LogP contribution in [-0.4, -0.2) is 81.3 Å². The molecule has 0 radical (unpaired) electrons. The molecular formula is C30H41F3N2O9S2. The molecule has 0 spiro atoms. The minimum absolute atomic E-state index is 0.0381. The van der Waals surface area contributed by atoms with Crippen LogP contribution in [-0.2, 0) is 36.0 Å². The van der Waals surface area contributed by atoms with Gasteiger partial charge in [0.05, 0.1) is 24.2 Å². The molecule has 2 atom stereocenters. The number of alkyl halides is 3. The molecule has 0 saturated carbocycles. The first-order valence-electron chi connectivity index (χ1n) is 14.4. The van der Waals surface area contributed by atoms with Gasteiger partial charge in [0.2, 0.25) is 10.0 Å². The molecule has 1 heterocycles. The Balaban J connectivity index is 2.01. The summed E-state index contributed by atoms with van der Waals surface area (Å²) in [6.45, 7) is 12.1. The molecule has 1 amide bonds. The van der Waals surface area contributed by atoms with Crippen molar-refractivity contribution in [1.82, 2.24) is 9.21 Å². The molecule has 1 fully saturated rings. The molecule has 3 rings (SSSR count). The SMILES string of the molecule is COc1ccc(S(=O)(=O)N(CC(C)C)C[C@H]2OC(C)(C)N(C(=O)OC(C)(C)C)[C@H]2Cc2ccc(OS(=O)(=O)C(F)(F)F)cc2)cc1. The highest BCUT2D eigenvalue weighted by Crippen LogP contribution is 2.37. The van der Waals surface area contributed by atoms with Crippen LogP contribution >= 0.6 is 0 Å². The third-order valence-electron chi connectivity index (χ3n) is 6.88. The van der Waals surface area contributed by atoms with Crippen molar-refractivity contribution in [3.63, 3.8) is 0 Å². The smallest absolute Gasteiger partial charge is 0.497 e. The van der Waals surface area contributed by atoms with Gasteiger partial charge in [-0.2, -0.15) is 25.9 Å². The number of hydrogen-bond donors (Lipinski definition) is 0. The van der Waals surface area contributed by atoms with E-state index in [0.717, 1.165) is 12.1 Å². The molecule has 46 heavy (non-hydrogen) atoms. The van der Waals surface area contributed by atoms with Crippen molar-refractivity contribution in [3.05, 3.63) is 54.1 Å². The summed E-state index contributed by atoms with van der Waals surface area (Å²) in [4.78, 5) is 15.0. The van der Waals surface area contributed by atoms with Crippen LogP contribution in [0.3, 0.4) is 0 Å². The van der Waals surface area contributed by atoms with E-state index in [2.05, 4.69) is 4.18 Å². The first-order chi connectivity index (χ1) is 21.0. The second-order valence-electron chi connectivity index (χ2n) is 12.7. The largest absolute Gasteiger partial charge is 0.534 e. The summed E-state index contributed by atoms with van der Waals surface area (Å²) < 4.78 is 112. The third-order valence-corrected chi connectivity index (χ3v) is 9.70. The maximum Gasteiger partial charge on any atom is 0.534 e. The number of rotatable bonds is 11. The van der Waals surface area contributed by atoms with Gasteiger partial charge in [0.25, 0.3) is 0 Å². The van der Waals surface area contributed by atoms with E-state index in [4.69, 9.17) is 14.2 Å². The third kappa shape index (κ3) is 9.04. The minimum atomic E-state index is -5.87. The highest BCUT2D eigenvalue weighted by atomic mass is 32.2. The summed E-state index contributed by atoms with van der Waals surface area (Å²) in [5.74, 6) is -0.155. The molecular weight excluding hydrogens is 653 g/mol. The summed E-state index contributed by atoms with van der Waals surface area (Å²) in [5.41, 5.74) is -7.25. The molecule has 16 heteroatoms. The minimum Gasteiger partial charge on any atom is -0.497 e. The van der Waals surface area contributed by atoms with E-state index in [1.165, 1.54) is 52.7 Å². The van der Waals surface area contributed by atoms with Crippen LogP contribution in [0.4, 0.5) is 18.0 Å². The zero-order valence-electron chi connectivity index (χ0n) is 27.0. The van der Waals surface area contributed by atoms with E-state index in [0.29, 0.717) is 11.3 Å². The van der Waals surface area contributed by atoms with Crippen LogP contribution in [0.25, 0.3) is 0 Å². The maximum atomic E-state index is 13.9. The highest BCUT2D eigenvalue weighted by molar-refractivity contribution is 7.89. The van der Waals surface area contributed by atoms with Gasteiger partial charge in [-0.1, -0.05) is 26.0 Å². The second-order valence-corrected chi connectivity index (χ2v) is 16.2. The molecule has 258 valence electrons. The quantitative estimate of drug-likeness (QED) is 0.220. The molecule has 0 N–H and O–H groups in total. The predicted molar refractivity (Wildman–Crippen MR) is 163 cm³/mol. The van der Waals surface area contributed by atoms with Gasteiger partial charge in [-0.05, 0) is 88.9 Å². The molecule has 2 aromatic carbocycles. The van der Waals surface area contributed by atoms with Gasteiger partial charge in [0.1, 0.15) is 22.8 Å². The first-order valence-corrected chi connectivity index (χ1v) is 17.3. The first kappa shape index (κ1) is 37.4. The lowest BCUT2D eigenvalue weighted by Gasteiger charge is -2.35. The van der Waals surface area contributed by atoms with Gasteiger partial charge in [-0.15, -0.1) is 0 Å². The lowest BCUT2D eigenvalue weighted by molar-refractivity contribution is -0.0807. The number of hydrogen-bond acceptors (Lipinski definition) is 9. The summed E-state index contributed by atoms with van der Waals surface area (Å²) in [6, 6.07) is 9.98. The molecule has 2 aromatic rings. The predicted octanol–water partition coefficient (Wildman–Crippen LogP) is 5.55. The Morgan fingerprint density at radius 2 is 1.52 bits per heavy atom. The van der Waals surface area contributed by atoms with E-state index in [9.17, 15) is 34.8 Å². The standard InChI is InChI=1S/C30H41F3N2O9S2/c1-20(2)18-34(45(37,38)24-15-13-22(41-8)14-16-24)19-26-25(35(29(6,7)42-26)27(36)43-28(3,4)5)17-21-9-11-23(12-10-21)44-46(39,40)30(31,32)33/h9-16,20,25-26H,17-19H2,1-8H3/t25-,26+/m0/s1. The average Bonchev–Trinajstić information content (AvgIpc) is 3.16. The molecule has 0 unspecified atom stereocenters. The number of carbonyl (C=O) groups is 1. The van der Waals surface area contributed by atoms with Gasteiger partial charge in [-0.25, -0.2) is 13.2 Å². The van der Waals surface area contributed by atoms with Crippen LogP contribution in [0.2, 0.25) is 0 Å². The summed E-state index contributed by atoms with van der Waals surface area (Å²) in [6.07, 6.45) is -1.54. The summed E-state index contributed by atoms with van der Waals surface area (Å²) in [7, 11) is -8.45. The van der Waals surface area contributed by atoms with Crippen LogP contribution in [0, 0.1) is 5.92 Å². The van der Waals surface area contributed by atoms with Gasteiger partial charge < -0.3 is 18.4 Å². The monoisotopic (exact) mass is 694 g/mol. The topological polar surface area (TPSA) is 129 Å². The average molecular weight is 695 g/mol. The number of halogens is 3. The van der Waals surface area contributed by atoms with Gasteiger partial charge in [-0.3, -0.25) is 4.90 Å². The molecule has 0 bridgehead atoms. The Bertz CT molecular complexity index is 1570. The van der Waals surface area contributed by atoms with E-state index >= 15 is 0 Å². The van der Waals surface area contributed by atoms with Gasteiger partial charge in [0, 0.05) is 13.1 Å².